The van der Waals surface area contributed by atoms with Gasteiger partial charge in [-0.25, -0.2) is 4.99 Å². The number of ether oxygens (including phenoxy) is 1. The fraction of sp³-hybridized carbons (Fsp3) is 0.714. The molecule has 0 aromatic carbocycles. The SMILES string of the molecule is CC(C)(C)OC(=O)CN=C(N)N. The summed E-state index contributed by atoms with van der Waals surface area (Å²) in [6.07, 6.45) is 0. The normalized spacial score (nSPS) is 10.6. The van der Waals surface area contributed by atoms with Crippen molar-refractivity contribution >= 4 is 11.9 Å². The largest absolute Gasteiger partial charge is 0.459 e. The zero-order chi connectivity index (χ0) is 9.78. The van der Waals surface area contributed by atoms with Gasteiger partial charge in [0.1, 0.15) is 12.1 Å². The maximum Gasteiger partial charge on any atom is 0.328 e. The van der Waals surface area contributed by atoms with E-state index < -0.39 is 11.6 Å². The highest BCUT2D eigenvalue weighted by molar-refractivity contribution is 5.80. The van der Waals surface area contributed by atoms with Gasteiger partial charge in [0, 0.05) is 0 Å². The summed E-state index contributed by atoms with van der Waals surface area (Å²) in [4.78, 5) is 14.4. The summed E-state index contributed by atoms with van der Waals surface area (Å²) in [5.41, 5.74) is 9.56. The van der Waals surface area contributed by atoms with E-state index in [9.17, 15) is 4.79 Å². The molecule has 0 atom stereocenters. The Hall–Kier alpha value is -1.26. The number of aliphatic imine (C=N–C) groups is 1. The lowest BCUT2D eigenvalue weighted by Crippen LogP contribution is -2.28. The molecule has 0 rings (SSSR count). The van der Waals surface area contributed by atoms with E-state index in [0.29, 0.717) is 0 Å². The van der Waals surface area contributed by atoms with Crippen LogP contribution in [0.5, 0.6) is 0 Å². The fourth-order valence-electron chi connectivity index (χ4n) is 0.530. The van der Waals surface area contributed by atoms with Crippen LogP contribution in [0.1, 0.15) is 20.8 Å². The minimum Gasteiger partial charge on any atom is -0.459 e. The number of hydrogen-bond acceptors (Lipinski definition) is 3. The van der Waals surface area contributed by atoms with Crippen LogP contribution in [0.3, 0.4) is 0 Å². The van der Waals surface area contributed by atoms with E-state index in [1.807, 2.05) is 0 Å². The first kappa shape index (κ1) is 10.7. The standard InChI is InChI=1S/C7H15N3O2/c1-7(2,3)12-5(11)4-10-6(8)9/h4H2,1-3H3,(H4,8,9,10). The van der Waals surface area contributed by atoms with E-state index in [-0.39, 0.29) is 12.5 Å². The lowest BCUT2D eigenvalue weighted by Gasteiger charge is -2.18. The molecular weight excluding hydrogens is 158 g/mol. The van der Waals surface area contributed by atoms with Crippen LogP contribution >= 0.6 is 0 Å². The van der Waals surface area contributed by atoms with Gasteiger partial charge in [0.05, 0.1) is 0 Å². The Morgan fingerprint density at radius 1 is 1.42 bits per heavy atom. The van der Waals surface area contributed by atoms with E-state index in [1.54, 1.807) is 20.8 Å². The summed E-state index contributed by atoms with van der Waals surface area (Å²) < 4.78 is 4.93. The molecule has 5 nitrogen and oxygen atoms in total. The molecule has 0 aromatic rings. The van der Waals surface area contributed by atoms with Gasteiger partial charge in [-0.1, -0.05) is 0 Å². The topological polar surface area (TPSA) is 90.7 Å². The lowest BCUT2D eigenvalue weighted by atomic mass is 10.2. The zero-order valence-electron chi connectivity index (χ0n) is 7.63. The number of carbonyl (C=O) groups excluding carboxylic acids is 1. The first-order valence-corrected chi connectivity index (χ1v) is 3.58. The number of carbonyl (C=O) groups is 1. The van der Waals surface area contributed by atoms with Gasteiger partial charge < -0.3 is 16.2 Å². The number of hydrogen-bond donors (Lipinski definition) is 2. The van der Waals surface area contributed by atoms with Crippen molar-refractivity contribution in [1.29, 1.82) is 0 Å². The van der Waals surface area contributed by atoms with Crippen molar-refractivity contribution < 1.29 is 9.53 Å². The van der Waals surface area contributed by atoms with Crippen LogP contribution in [0.15, 0.2) is 4.99 Å². The molecular formula is C7H15N3O2. The second-order valence-corrected chi connectivity index (χ2v) is 3.33. The predicted molar refractivity (Wildman–Crippen MR) is 46.5 cm³/mol. The van der Waals surface area contributed by atoms with Crippen LogP contribution in [0.4, 0.5) is 0 Å². The summed E-state index contributed by atoms with van der Waals surface area (Å²) in [6.45, 7) is 5.21. The van der Waals surface area contributed by atoms with Gasteiger partial charge in [-0.2, -0.15) is 0 Å². The van der Waals surface area contributed by atoms with Crippen LogP contribution in [0.2, 0.25) is 0 Å². The summed E-state index contributed by atoms with van der Waals surface area (Å²) >= 11 is 0. The number of esters is 1. The lowest BCUT2D eigenvalue weighted by molar-refractivity contribution is -0.152. The molecule has 0 aliphatic carbocycles. The van der Waals surface area contributed by atoms with Crippen LogP contribution in [0.25, 0.3) is 0 Å². The third-order valence-electron chi connectivity index (χ3n) is 0.811. The van der Waals surface area contributed by atoms with Crippen LogP contribution in [-0.4, -0.2) is 24.1 Å². The van der Waals surface area contributed by atoms with Gasteiger partial charge in [-0.05, 0) is 20.8 Å². The molecule has 0 aromatic heterocycles. The molecule has 0 heterocycles. The molecule has 0 aliphatic rings. The molecule has 0 aliphatic heterocycles. The van der Waals surface area contributed by atoms with Crippen LogP contribution in [-0.2, 0) is 9.53 Å². The van der Waals surface area contributed by atoms with E-state index in [0.717, 1.165) is 0 Å². The average molecular weight is 173 g/mol. The van der Waals surface area contributed by atoms with E-state index in [1.165, 1.54) is 0 Å². The maximum absolute atomic E-state index is 10.9. The molecule has 0 amide bonds. The molecule has 0 saturated heterocycles. The second-order valence-electron chi connectivity index (χ2n) is 3.33. The Balaban J connectivity index is 3.84. The van der Waals surface area contributed by atoms with Gasteiger partial charge >= 0.3 is 5.97 Å². The number of nitrogens with two attached hydrogens (primary N) is 2. The monoisotopic (exact) mass is 173 g/mol. The van der Waals surface area contributed by atoms with Gasteiger partial charge in [0.15, 0.2) is 5.96 Å². The highest BCUT2D eigenvalue weighted by atomic mass is 16.6. The Labute approximate surface area is 71.8 Å². The van der Waals surface area contributed by atoms with Crippen molar-refractivity contribution in [2.45, 2.75) is 26.4 Å². The summed E-state index contributed by atoms with van der Waals surface area (Å²) in [6, 6.07) is 0. The second kappa shape index (κ2) is 3.94. The molecule has 0 saturated carbocycles. The zero-order valence-corrected chi connectivity index (χ0v) is 7.63. The third kappa shape index (κ3) is 6.85. The highest BCUT2D eigenvalue weighted by Crippen LogP contribution is 2.06. The van der Waals surface area contributed by atoms with Crippen molar-refractivity contribution in [2.24, 2.45) is 16.5 Å². The van der Waals surface area contributed by atoms with Crippen molar-refractivity contribution in [3.63, 3.8) is 0 Å². The molecule has 0 bridgehead atoms. The summed E-state index contributed by atoms with van der Waals surface area (Å²) in [5.74, 6) is -0.545. The van der Waals surface area contributed by atoms with Crippen molar-refractivity contribution in [1.82, 2.24) is 0 Å². The van der Waals surface area contributed by atoms with Crippen LogP contribution < -0.4 is 11.5 Å². The molecule has 4 N–H and O–H groups in total. The molecule has 5 heteroatoms. The number of guanidine groups is 1. The van der Waals surface area contributed by atoms with Gasteiger partial charge in [-0.3, -0.25) is 4.79 Å². The highest BCUT2D eigenvalue weighted by Gasteiger charge is 2.15. The van der Waals surface area contributed by atoms with Crippen molar-refractivity contribution in [2.75, 3.05) is 6.54 Å². The van der Waals surface area contributed by atoms with Crippen LogP contribution in [0, 0.1) is 0 Å². The Bertz CT molecular complexity index is 189. The fourth-order valence-corrected chi connectivity index (χ4v) is 0.530. The Kier molecular flexibility index (Phi) is 3.53. The molecule has 70 valence electrons. The first-order valence-electron chi connectivity index (χ1n) is 3.58. The molecule has 0 spiro atoms. The van der Waals surface area contributed by atoms with E-state index in [2.05, 4.69) is 4.99 Å². The minimum atomic E-state index is -0.490. The third-order valence-corrected chi connectivity index (χ3v) is 0.811. The quantitative estimate of drug-likeness (QED) is 0.338. The minimum absolute atomic E-state index is 0.110. The van der Waals surface area contributed by atoms with Gasteiger partial charge in [0.25, 0.3) is 0 Å². The maximum atomic E-state index is 10.9. The summed E-state index contributed by atoms with van der Waals surface area (Å²) in [7, 11) is 0. The first-order chi connectivity index (χ1) is 5.31. The average Bonchev–Trinajstić information content (AvgIpc) is 1.79. The van der Waals surface area contributed by atoms with Gasteiger partial charge in [0.2, 0.25) is 0 Å². The van der Waals surface area contributed by atoms with Crippen molar-refractivity contribution in [3.8, 4) is 0 Å². The molecule has 0 radical (unpaired) electrons. The number of rotatable bonds is 2. The smallest absolute Gasteiger partial charge is 0.328 e. The predicted octanol–water partition coefficient (Wildman–Crippen LogP) is -0.398. The van der Waals surface area contributed by atoms with E-state index in [4.69, 9.17) is 16.2 Å². The van der Waals surface area contributed by atoms with E-state index >= 15 is 0 Å². The molecule has 0 fully saturated rings. The Morgan fingerprint density at radius 2 is 1.92 bits per heavy atom. The molecule has 0 unspecified atom stereocenters. The number of nitrogens with zero attached hydrogens (tertiary/aromatic N) is 1. The summed E-state index contributed by atoms with van der Waals surface area (Å²) in [5, 5.41) is 0. The van der Waals surface area contributed by atoms with Gasteiger partial charge in [-0.15, -0.1) is 0 Å². The Morgan fingerprint density at radius 3 is 2.25 bits per heavy atom. The molecule has 12 heavy (non-hydrogen) atoms. The van der Waals surface area contributed by atoms with Crippen molar-refractivity contribution in [3.05, 3.63) is 0 Å².